The highest BCUT2D eigenvalue weighted by Crippen LogP contribution is 2.51. The molecule has 15 heteroatoms. The first kappa shape index (κ1) is 31.7. The number of hydrogen-bond donors (Lipinski definition) is 1. The first-order chi connectivity index (χ1) is 19.5. The molecule has 0 unspecified atom stereocenters. The summed E-state index contributed by atoms with van der Waals surface area (Å²) >= 11 is 0. The van der Waals surface area contributed by atoms with Gasteiger partial charge in [0.05, 0.1) is 16.6 Å². The molecule has 0 saturated carbocycles. The number of fused-ring (bicyclic) bond motifs is 1. The van der Waals surface area contributed by atoms with Gasteiger partial charge in [-0.1, -0.05) is 12.1 Å². The molecule has 2 aromatic carbocycles. The average molecular weight is 625 g/mol. The van der Waals surface area contributed by atoms with Gasteiger partial charge in [0.15, 0.2) is 0 Å². The first-order valence-electron chi connectivity index (χ1n) is 13.1. The molecule has 4 rings (SSSR count). The fraction of sp³-hybridized carbons (Fsp3) is 0.481. The predicted molar refractivity (Wildman–Crippen MR) is 135 cm³/mol. The number of likely N-dealkylation sites (tertiary alicyclic amines) is 1. The van der Waals surface area contributed by atoms with Crippen molar-refractivity contribution in [2.24, 2.45) is 0 Å². The third-order valence-electron chi connectivity index (χ3n) is 7.54. The Kier molecular flexibility index (Phi) is 8.67. The van der Waals surface area contributed by atoms with Crippen molar-refractivity contribution in [1.29, 1.82) is 0 Å². The molecule has 2 aliphatic heterocycles. The van der Waals surface area contributed by atoms with Crippen molar-refractivity contribution >= 4 is 27.4 Å². The Hall–Kier alpha value is -3.20. The maximum atomic E-state index is 13.7. The van der Waals surface area contributed by atoms with Crippen LogP contribution in [0.2, 0.25) is 0 Å². The maximum absolute atomic E-state index is 13.7. The van der Waals surface area contributed by atoms with Crippen LogP contribution in [0.4, 0.5) is 36.4 Å². The highest BCUT2D eigenvalue weighted by atomic mass is 32.2. The van der Waals surface area contributed by atoms with Gasteiger partial charge >= 0.3 is 12.4 Å². The average Bonchev–Trinajstić information content (AvgIpc) is 3.45. The third kappa shape index (κ3) is 5.98. The summed E-state index contributed by atoms with van der Waals surface area (Å²) in [6.07, 6.45) is -11.6. The van der Waals surface area contributed by atoms with Crippen LogP contribution in [0, 0.1) is 5.82 Å². The Balaban J connectivity index is 1.70. The summed E-state index contributed by atoms with van der Waals surface area (Å²) in [7, 11) is -4.60. The molecule has 0 aromatic heterocycles. The number of carbonyl (C=O) groups is 2. The molecule has 1 fully saturated rings. The Morgan fingerprint density at radius 2 is 1.50 bits per heavy atom. The standard InChI is InChI=1S/C27H27F7N2O5S/c28-19-5-9-22(10-6-19)42(40,41)36-20(16-21(37)8-12-24(38)35-13-1-2-14-35)7-3-17-15-18(4-11-23(17)36)25(39,26(29,30)31)27(32,33)34/h4-6,9-11,15,20,39H,1-3,7-8,12-14,16H2/t20-/m0/s1. The Labute approximate surface area is 237 Å². The Bertz CT molecular complexity index is 1420. The van der Waals surface area contributed by atoms with E-state index in [1.165, 1.54) is 0 Å². The number of Topliss-reactive ketones (excluding diaryl/α,β-unsaturated/α-hetero) is 1. The number of anilines is 1. The number of amides is 1. The van der Waals surface area contributed by atoms with Crippen LogP contribution in [0.3, 0.4) is 0 Å². The molecule has 230 valence electrons. The summed E-state index contributed by atoms with van der Waals surface area (Å²) in [5.41, 5.74) is -7.29. The van der Waals surface area contributed by atoms with Gasteiger partial charge in [0, 0.05) is 37.9 Å². The molecule has 2 aromatic rings. The van der Waals surface area contributed by atoms with Gasteiger partial charge in [0.2, 0.25) is 5.91 Å². The van der Waals surface area contributed by atoms with Crippen LogP contribution in [-0.2, 0) is 31.6 Å². The Morgan fingerprint density at radius 1 is 0.905 bits per heavy atom. The van der Waals surface area contributed by atoms with E-state index in [1.807, 2.05) is 0 Å². The molecule has 1 saturated heterocycles. The molecule has 7 nitrogen and oxygen atoms in total. The largest absolute Gasteiger partial charge is 0.430 e. The second kappa shape index (κ2) is 11.5. The monoisotopic (exact) mass is 624 g/mol. The lowest BCUT2D eigenvalue weighted by Crippen LogP contribution is -2.54. The molecule has 2 aliphatic rings. The summed E-state index contributed by atoms with van der Waals surface area (Å²) in [5, 5.41) is 9.85. The van der Waals surface area contributed by atoms with Crippen molar-refractivity contribution < 1.29 is 53.8 Å². The van der Waals surface area contributed by atoms with Gasteiger partial charge in [0.25, 0.3) is 15.6 Å². The minimum absolute atomic E-state index is 0.0936. The van der Waals surface area contributed by atoms with Gasteiger partial charge in [-0.2, -0.15) is 26.3 Å². The van der Waals surface area contributed by atoms with Crippen LogP contribution in [0.5, 0.6) is 0 Å². The van der Waals surface area contributed by atoms with Crippen LogP contribution >= 0.6 is 0 Å². The van der Waals surface area contributed by atoms with Crippen molar-refractivity contribution in [2.75, 3.05) is 17.4 Å². The molecule has 0 spiro atoms. The van der Waals surface area contributed by atoms with Crippen molar-refractivity contribution in [3.05, 3.63) is 59.4 Å². The molecule has 1 N–H and O–H groups in total. The van der Waals surface area contributed by atoms with E-state index < -0.39 is 56.1 Å². The molecule has 2 heterocycles. The van der Waals surface area contributed by atoms with E-state index in [1.54, 1.807) is 4.90 Å². The van der Waals surface area contributed by atoms with Gasteiger partial charge in [0.1, 0.15) is 11.6 Å². The summed E-state index contributed by atoms with van der Waals surface area (Å²) in [6, 6.07) is 4.01. The van der Waals surface area contributed by atoms with Crippen molar-refractivity contribution in [3.8, 4) is 0 Å². The number of halogens is 7. The maximum Gasteiger partial charge on any atom is 0.430 e. The van der Waals surface area contributed by atoms with E-state index in [2.05, 4.69) is 0 Å². The zero-order chi connectivity index (χ0) is 31.1. The smallest absolute Gasteiger partial charge is 0.369 e. The summed E-state index contributed by atoms with van der Waals surface area (Å²) in [6.45, 7) is 1.16. The number of benzene rings is 2. The van der Waals surface area contributed by atoms with Crippen LogP contribution in [-0.4, -0.2) is 61.6 Å². The molecule has 1 atom stereocenters. The first-order valence-corrected chi connectivity index (χ1v) is 14.5. The molecular weight excluding hydrogens is 597 g/mol. The van der Waals surface area contributed by atoms with E-state index in [0.29, 0.717) is 25.2 Å². The second-order valence-corrected chi connectivity index (χ2v) is 12.1. The van der Waals surface area contributed by atoms with Crippen LogP contribution in [0.25, 0.3) is 0 Å². The second-order valence-electron chi connectivity index (χ2n) is 10.3. The van der Waals surface area contributed by atoms with E-state index in [9.17, 15) is 53.8 Å². The number of sulfonamides is 1. The van der Waals surface area contributed by atoms with Gasteiger partial charge in [-0.3, -0.25) is 13.9 Å². The molecule has 0 bridgehead atoms. The number of ketones is 1. The lowest BCUT2D eigenvalue weighted by atomic mass is 9.87. The number of aliphatic hydroxyl groups is 1. The molecular formula is C27H27F7N2O5S. The fourth-order valence-electron chi connectivity index (χ4n) is 5.32. The Morgan fingerprint density at radius 3 is 2.07 bits per heavy atom. The quantitative estimate of drug-likeness (QED) is 0.417. The molecule has 0 aliphatic carbocycles. The normalized spacial score (nSPS) is 18.2. The highest BCUT2D eigenvalue weighted by molar-refractivity contribution is 7.92. The number of nitrogens with zero attached hydrogens (tertiary/aromatic N) is 2. The van der Waals surface area contributed by atoms with E-state index in [4.69, 9.17) is 0 Å². The van der Waals surface area contributed by atoms with E-state index in [0.717, 1.165) is 47.5 Å². The van der Waals surface area contributed by atoms with Gasteiger partial charge in [-0.05, 0) is 61.6 Å². The van der Waals surface area contributed by atoms with Crippen LogP contribution in [0.15, 0.2) is 47.4 Å². The van der Waals surface area contributed by atoms with Crippen molar-refractivity contribution in [1.82, 2.24) is 4.90 Å². The molecule has 0 radical (unpaired) electrons. The lowest BCUT2D eigenvalue weighted by molar-refractivity contribution is -0.376. The summed E-state index contributed by atoms with van der Waals surface area (Å²) in [5.74, 6) is -1.44. The van der Waals surface area contributed by atoms with Gasteiger partial charge < -0.3 is 10.0 Å². The molecule has 42 heavy (non-hydrogen) atoms. The van der Waals surface area contributed by atoms with Crippen molar-refractivity contribution in [2.45, 2.75) is 73.8 Å². The number of carbonyl (C=O) groups excluding carboxylic acids is 2. The number of aryl methyl sites for hydroxylation is 1. The van der Waals surface area contributed by atoms with Crippen LogP contribution in [0.1, 0.15) is 49.7 Å². The van der Waals surface area contributed by atoms with Crippen LogP contribution < -0.4 is 4.31 Å². The van der Waals surface area contributed by atoms with E-state index >= 15 is 0 Å². The van der Waals surface area contributed by atoms with Gasteiger partial charge in [-0.25, -0.2) is 12.8 Å². The lowest BCUT2D eigenvalue weighted by Gasteiger charge is -2.39. The predicted octanol–water partition coefficient (Wildman–Crippen LogP) is 5.01. The van der Waals surface area contributed by atoms with E-state index in [-0.39, 0.29) is 49.3 Å². The number of rotatable bonds is 8. The number of hydrogen-bond acceptors (Lipinski definition) is 5. The summed E-state index contributed by atoms with van der Waals surface area (Å²) < 4.78 is 123. The summed E-state index contributed by atoms with van der Waals surface area (Å²) in [4.78, 5) is 26.4. The van der Waals surface area contributed by atoms with Gasteiger partial charge in [-0.15, -0.1) is 0 Å². The topological polar surface area (TPSA) is 95.0 Å². The third-order valence-corrected chi connectivity index (χ3v) is 9.42. The highest BCUT2D eigenvalue weighted by Gasteiger charge is 2.71. The zero-order valence-corrected chi connectivity index (χ0v) is 22.8. The minimum Gasteiger partial charge on any atom is -0.369 e. The fourth-order valence-corrected chi connectivity index (χ4v) is 7.03. The molecule has 1 amide bonds. The minimum atomic E-state index is -6.14. The number of alkyl halides is 6. The van der Waals surface area contributed by atoms with Crippen molar-refractivity contribution in [3.63, 3.8) is 0 Å². The zero-order valence-electron chi connectivity index (χ0n) is 22.0. The SMILES string of the molecule is O=C(CCC(=O)N1CCCC1)C[C@@H]1CCc2cc(C(O)(C(F)(F)F)C(F)(F)F)ccc2N1S(=O)(=O)c1ccc(F)cc1.